The predicted octanol–water partition coefficient (Wildman–Crippen LogP) is 3.30. The van der Waals surface area contributed by atoms with E-state index in [1.807, 2.05) is 73.3 Å². The van der Waals surface area contributed by atoms with Crippen molar-refractivity contribution in [1.29, 1.82) is 0 Å². The zero-order valence-electron chi connectivity index (χ0n) is 21.8. The summed E-state index contributed by atoms with van der Waals surface area (Å²) in [6.07, 6.45) is 2.95. The summed E-state index contributed by atoms with van der Waals surface area (Å²) in [7, 11) is 1.63. The van der Waals surface area contributed by atoms with Crippen molar-refractivity contribution in [3.05, 3.63) is 65.7 Å². The molecule has 1 fully saturated rings. The molecule has 196 valence electrons. The average molecular weight is 496 g/mol. The van der Waals surface area contributed by atoms with Crippen LogP contribution in [0.5, 0.6) is 5.75 Å². The standard InChI is InChI=1S/C29H41N3O4/c1-29(2,28(35)32-15-8-5-9-16-32)19-27(34)31-25(18-22-11-6-4-7-12-22)26(33)21-30-20-23-13-10-14-24(17-23)36-3/h4,6-7,10-14,17,25-26,30,33H,5,8-9,15-16,18-21H2,1-3H3,(H,31,34). The number of nitrogens with one attached hydrogen (secondary N) is 2. The van der Waals surface area contributed by atoms with Crippen LogP contribution in [-0.2, 0) is 22.6 Å². The van der Waals surface area contributed by atoms with Gasteiger partial charge in [-0.3, -0.25) is 9.59 Å². The third kappa shape index (κ3) is 8.35. The third-order valence-electron chi connectivity index (χ3n) is 6.75. The number of amides is 2. The van der Waals surface area contributed by atoms with E-state index in [-0.39, 0.29) is 18.2 Å². The lowest BCUT2D eigenvalue weighted by Gasteiger charge is -2.34. The highest BCUT2D eigenvalue weighted by Gasteiger charge is 2.35. The summed E-state index contributed by atoms with van der Waals surface area (Å²) in [4.78, 5) is 28.0. The zero-order chi connectivity index (χ0) is 26.0. The number of benzene rings is 2. The number of ether oxygens (including phenoxy) is 1. The maximum absolute atomic E-state index is 13.1. The van der Waals surface area contributed by atoms with E-state index >= 15 is 0 Å². The van der Waals surface area contributed by atoms with Crippen LogP contribution in [-0.4, -0.2) is 60.7 Å². The molecule has 2 aromatic rings. The maximum atomic E-state index is 13.1. The second-order valence-corrected chi connectivity index (χ2v) is 10.3. The lowest BCUT2D eigenvalue weighted by Crippen LogP contribution is -2.51. The quantitative estimate of drug-likeness (QED) is 0.420. The van der Waals surface area contributed by atoms with Gasteiger partial charge in [-0.05, 0) is 48.9 Å². The van der Waals surface area contributed by atoms with Crippen LogP contribution in [0.25, 0.3) is 0 Å². The van der Waals surface area contributed by atoms with Crippen molar-refractivity contribution < 1.29 is 19.4 Å². The number of carbonyl (C=O) groups is 2. The minimum absolute atomic E-state index is 0.0254. The van der Waals surface area contributed by atoms with Gasteiger partial charge < -0.3 is 25.4 Å². The topological polar surface area (TPSA) is 90.9 Å². The molecule has 1 heterocycles. The molecule has 1 aliphatic heterocycles. The van der Waals surface area contributed by atoms with E-state index in [1.54, 1.807) is 7.11 Å². The summed E-state index contributed by atoms with van der Waals surface area (Å²) in [5.41, 5.74) is 1.27. The molecule has 0 bridgehead atoms. The van der Waals surface area contributed by atoms with Crippen LogP contribution in [0.1, 0.15) is 50.7 Å². The molecule has 7 heteroatoms. The minimum atomic E-state index is -0.805. The largest absolute Gasteiger partial charge is 0.497 e. The van der Waals surface area contributed by atoms with Crippen LogP contribution in [0.3, 0.4) is 0 Å². The minimum Gasteiger partial charge on any atom is -0.497 e. The van der Waals surface area contributed by atoms with Gasteiger partial charge in [0, 0.05) is 32.6 Å². The van der Waals surface area contributed by atoms with Gasteiger partial charge in [0.25, 0.3) is 0 Å². The monoisotopic (exact) mass is 495 g/mol. The van der Waals surface area contributed by atoms with Gasteiger partial charge in [-0.1, -0.05) is 56.3 Å². The van der Waals surface area contributed by atoms with Crippen LogP contribution in [0.2, 0.25) is 0 Å². The fourth-order valence-corrected chi connectivity index (χ4v) is 4.70. The Morgan fingerprint density at radius 2 is 1.72 bits per heavy atom. The van der Waals surface area contributed by atoms with E-state index in [2.05, 4.69) is 10.6 Å². The van der Waals surface area contributed by atoms with Crippen LogP contribution in [0.15, 0.2) is 54.6 Å². The van der Waals surface area contributed by atoms with Gasteiger partial charge >= 0.3 is 0 Å². The number of aliphatic hydroxyl groups is 1. The fraction of sp³-hybridized carbons (Fsp3) is 0.517. The maximum Gasteiger partial charge on any atom is 0.228 e. The molecule has 36 heavy (non-hydrogen) atoms. The Labute approximate surface area is 215 Å². The van der Waals surface area contributed by atoms with Gasteiger partial charge in [0.05, 0.1) is 24.7 Å². The van der Waals surface area contributed by atoms with E-state index in [0.717, 1.165) is 49.2 Å². The molecule has 2 unspecified atom stereocenters. The zero-order valence-corrected chi connectivity index (χ0v) is 21.8. The van der Waals surface area contributed by atoms with E-state index in [1.165, 1.54) is 0 Å². The molecule has 0 spiro atoms. The molecule has 2 atom stereocenters. The number of hydrogen-bond acceptors (Lipinski definition) is 5. The number of nitrogens with zero attached hydrogens (tertiary/aromatic N) is 1. The second-order valence-electron chi connectivity index (χ2n) is 10.3. The molecular weight excluding hydrogens is 454 g/mol. The average Bonchev–Trinajstić information content (AvgIpc) is 2.88. The van der Waals surface area contributed by atoms with Crippen molar-refractivity contribution >= 4 is 11.8 Å². The highest BCUT2D eigenvalue weighted by Crippen LogP contribution is 2.26. The first-order valence-corrected chi connectivity index (χ1v) is 12.9. The highest BCUT2D eigenvalue weighted by molar-refractivity contribution is 5.88. The van der Waals surface area contributed by atoms with Crippen LogP contribution in [0, 0.1) is 5.41 Å². The molecule has 0 radical (unpaired) electrons. The van der Waals surface area contributed by atoms with Gasteiger partial charge in [-0.2, -0.15) is 0 Å². The van der Waals surface area contributed by atoms with Crippen molar-refractivity contribution in [1.82, 2.24) is 15.5 Å². The smallest absolute Gasteiger partial charge is 0.228 e. The summed E-state index contributed by atoms with van der Waals surface area (Å²) >= 11 is 0. The van der Waals surface area contributed by atoms with E-state index in [4.69, 9.17) is 4.74 Å². The Morgan fingerprint density at radius 3 is 2.42 bits per heavy atom. The third-order valence-corrected chi connectivity index (χ3v) is 6.75. The Hall–Kier alpha value is -2.90. The molecule has 3 rings (SSSR count). The molecule has 0 aromatic heterocycles. The molecule has 0 aliphatic carbocycles. The second kappa shape index (κ2) is 13.4. The first kappa shape index (κ1) is 27.7. The van der Waals surface area contributed by atoms with Gasteiger partial charge in [-0.15, -0.1) is 0 Å². The summed E-state index contributed by atoms with van der Waals surface area (Å²) in [5, 5.41) is 17.3. The SMILES string of the molecule is COc1cccc(CNCC(O)C(Cc2ccccc2)NC(=O)CC(C)(C)C(=O)N2CCCCC2)c1. The number of aliphatic hydroxyl groups excluding tert-OH is 1. The molecule has 1 aliphatic rings. The van der Waals surface area contributed by atoms with E-state index < -0.39 is 17.6 Å². The Morgan fingerprint density at radius 1 is 1.03 bits per heavy atom. The van der Waals surface area contributed by atoms with Crippen molar-refractivity contribution in [3.63, 3.8) is 0 Å². The normalized spacial score (nSPS) is 15.7. The number of methoxy groups -OCH3 is 1. The fourth-order valence-electron chi connectivity index (χ4n) is 4.70. The first-order chi connectivity index (χ1) is 17.3. The number of rotatable bonds is 12. The van der Waals surface area contributed by atoms with Crippen molar-refractivity contribution in [2.75, 3.05) is 26.7 Å². The molecule has 0 saturated carbocycles. The van der Waals surface area contributed by atoms with Crippen molar-refractivity contribution in [2.45, 2.75) is 64.6 Å². The van der Waals surface area contributed by atoms with Crippen molar-refractivity contribution in [2.24, 2.45) is 5.41 Å². The lowest BCUT2D eigenvalue weighted by molar-refractivity contribution is -0.144. The first-order valence-electron chi connectivity index (χ1n) is 12.9. The number of likely N-dealkylation sites (tertiary alicyclic amines) is 1. The van der Waals surface area contributed by atoms with Crippen LogP contribution in [0.4, 0.5) is 0 Å². The van der Waals surface area contributed by atoms with Crippen LogP contribution >= 0.6 is 0 Å². The van der Waals surface area contributed by atoms with E-state index in [9.17, 15) is 14.7 Å². The van der Waals surface area contributed by atoms with Crippen molar-refractivity contribution in [3.8, 4) is 5.75 Å². The molecular formula is C29H41N3O4. The molecule has 7 nitrogen and oxygen atoms in total. The number of carbonyl (C=O) groups excluding carboxylic acids is 2. The molecule has 1 saturated heterocycles. The Balaban J connectivity index is 1.60. The van der Waals surface area contributed by atoms with E-state index in [0.29, 0.717) is 19.5 Å². The lowest BCUT2D eigenvalue weighted by atomic mass is 9.86. The van der Waals surface area contributed by atoms with Crippen LogP contribution < -0.4 is 15.4 Å². The summed E-state index contributed by atoms with van der Waals surface area (Å²) < 4.78 is 5.27. The Bertz CT molecular complexity index is 973. The number of hydrogen-bond donors (Lipinski definition) is 3. The van der Waals surface area contributed by atoms with Gasteiger partial charge in [-0.25, -0.2) is 0 Å². The van der Waals surface area contributed by atoms with Gasteiger partial charge in [0.15, 0.2) is 0 Å². The molecule has 3 N–H and O–H groups in total. The number of piperidine rings is 1. The summed E-state index contributed by atoms with van der Waals surface area (Å²) in [6.45, 7) is 6.07. The highest BCUT2D eigenvalue weighted by atomic mass is 16.5. The Kier molecular flexibility index (Phi) is 10.3. The van der Waals surface area contributed by atoms with Gasteiger partial charge in [0.1, 0.15) is 5.75 Å². The summed E-state index contributed by atoms with van der Waals surface area (Å²) in [5.74, 6) is 0.585. The summed E-state index contributed by atoms with van der Waals surface area (Å²) in [6, 6.07) is 17.1. The predicted molar refractivity (Wildman–Crippen MR) is 142 cm³/mol. The molecule has 2 amide bonds. The molecule has 2 aromatic carbocycles. The van der Waals surface area contributed by atoms with Gasteiger partial charge in [0.2, 0.25) is 11.8 Å².